The molecule has 0 spiro atoms. The number of carboxylic acid groups (broad SMARTS) is 1. The first-order valence-electron chi connectivity index (χ1n) is 5.14. The SMILES string of the molecule is C#CC(C)(C)NC(=O)N(CC(=O)O)C1CC1. The summed E-state index contributed by atoms with van der Waals surface area (Å²) in [5, 5.41) is 11.3. The summed E-state index contributed by atoms with van der Waals surface area (Å²) in [7, 11) is 0. The van der Waals surface area contributed by atoms with Crippen molar-refractivity contribution >= 4 is 12.0 Å². The van der Waals surface area contributed by atoms with Crippen molar-refractivity contribution in [3.63, 3.8) is 0 Å². The maximum Gasteiger partial charge on any atom is 0.323 e. The molecule has 0 aliphatic heterocycles. The molecule has 0 bridgehead atoms. The minimum absolute atomic E-state index is 0.0460. The van der Waals surface area contributed by atoms with E-state index in [9.17, 15) is 9.59 Å². The van der Waals surface area contributed by atoms with Crippen LogP contribution in [0.3, 0.4) is 0 Å². The van der Waals surface area contributed by atoms with Crippen molar-refractivity contribution in [2.45, 2.75) is 38.3 Å². The van der Waals surface area contributed by atoms with Gasteiger partial charge in [-0.2, -0.15) is 0 Å². The summed E-state index contributed by atoms with van der Waals surface area (Å²) in [6.07, 6.45) is 6.96. The van der Waals surface area contributed by atoms with Gasteiger partial charge in [-0.3, -0.25) is 4.79 Å². The van der Waals surface area contributed by atoms with Crippen LogP contribution in [0.2, 0.25) is 0 Å². The zero-order valence-electron chi connectivity index (χ0n) is 9.49. The summed E-state index contributed by atoms with van der Waals surface area (Å²) in [4.78, 5) is 23.7. The maximum atomic E-state index is 11.8. The molecule has 5 nitrogen and oxygen atoms in total. The number of aliphatic carboxylic acids is 1. The third kappa shape index (κ3) is 3.46. The van der Waals surface area contributed by atoms with Crippen LogP contribution in [0.15, 0.2) is 0 Å². The molecular formula is C11H16N2O3. The Balaban J connectivity index is 2.62. The number of nitrogens with zero attached hydrogens (tertiary/aromatic N) is 1. The Morgan fingerprint density at radius 1 is 1.56 bits per heavy atom. The fourth-order valence-electron chi connectivity index (χ4n) is 1.27. The molecule has 1 saturated carbocycles. The molecule has 0 aromatic carbocycles. The highest BCUT2D eigenvalue weighted by atomic mass is 16.4. The fourth-order valence-corrected chi connectivity index (χ4v) is 1.27. The quantitative estimate of drug-likeness (QED) is 0.689. The molecule has 0 saturated heterocycles. The van der Waals surface area contributed by atoms with E-state index >= 15 is 0 Å². The monoisotopic (exact) mass is 224 g/mol. The smallest absolute Gasteiger partial charge is 0.323 e. The lowest BCUT2D eigenvalue weighted by atomic mass is 10.1. The van der Waals surface area contributed by atoms with Crippen molar-refractivity contribution in [2.24, 2.45) is 0 Å². The lowest BCUT2D eigenvalue weighted by Crippen LogP contribution is -2.51. The molecule has 16 heavy (non-hydrogen) atoms. The predicted molar refractivity (Wildman–Crippen MR) is 58.8 cm³/mol. The Kier molecular flexibility index (Phi) is 3.43. The van der Waals surface area contributed by atoms with Crippen LogP contribution in [0, 0.1) is 12.3 Å². The van der Waals surface area contributed by atoms with Gasteiger partial charge in [-0.1, -0.05) is 5.92 Å². The zero-order valence-corrected chi connectivity index (χ0v) is 9.49. The van der Waals surface area contributed by atoms with Crippen molar-refractivity contribution in [1.82, 2.24) is 10.2 Å². The lowest BCUT2D eigenvalue weighted by Gasteiger charge is -2.26. The van der Waals surface area contributed by atoms with E-state index in [0.29, 0.717) is 0 Å². The molecule has 1 aliphatic rings. The number of nitrogens with one attached hydrogen (secondary N) is 1. The van der Waals surface area contributed by atoms with E-state index in [1.54, 1.807) is 13.8 Å². The number of rotatable bonds is 4. The molecule has 2 amide bonds. The normalized spacial score (nSPS) is 15.1. The number of hydrogen-bond donors (Lipinski definition) is 2. The number of amides is 2. The van der Waals surface area contributed by atoms with Gasteiger partial charge in [0.2, 0.25) is 0 Å². The van der Waals surface area contributed by atoms with Gasteiger partial charge in [0, 0.05) is 6.04 Å². The van der Waals surface area contributed by atoms with Crippen LogP contribution in [0.4, 0.5) is 4.79 Å². The minimum Gasteiger partial charge on any atom is -0.480 e. The van der Waals surface area contributed by atoms with Crippen LogP contribution < -0.4 is 5.32 Å². The second kappa shape index (κ2) is 4.44. The molecule has 0 aromatic heterocycles. The Morgan fingerprint density at radius 2 is 2.12 bits per heavy atom. The van der Waals surface area contributed by atoms with Crippen LogP contribution in [0.5, 0.6) is 0 Å². The molecular weight excluding hydrogens is 208 g/mol. The Hall–Kier alpha value is -1.70. The summed E-state index contributed by atoms with van der Waals surface area (Å²) >= 11 is 0. The van der Waals surface area contributed by atoms with Gasteiger partial charge in [0.15, 0.2) is 0 Å². The zero-order chi connectivity index (χ0) is 12.3. The van der Waals surface area contributed by atoms with Crippen molar-refractivity contribution in [3.8, 4) is 12.3 Å². The van der Waals surface area contributed by atoms with E-state index in [0.717, 1.165) is 12.8 Å². The number of hydrogen-bond acceptors (Lipinski definition) is 2. The van der Waals surface area contributed by atoms with E-state index in [1.807, 2.05) is 0 Å². The van der Waals surface area contributed by atoms with Crippen LogP contribution >= 0.6 is 0 Å². The van der Waals surface area contributed by atoms with Gasteiger partial charge in [-0.25, -0.2) is 4.79 Å². The third-order valence-electron chi connectivity index (χ3n) is 2.33. The van der Waals surface area contributed by atoms with E-state index in [-0.39, 0.29) is 12.6 Å². The van der Waals surface area contributed by atoms with Gasteiger partial charge in [-0.05, 0) is 26.7 Å². The third-order valence-corrected chi connectivity index (χ3v) is 2.33. The molecule has 0 heterocycles. The van der Waals surface area contributed by atoms with Crippen LogP contribution in [0.25, 0.3) is 0 Å². The van der Waals surface area contributed by atoms with Gasteiger partial charge in [-0.15, -0.1) is 6.42 Å². The number of urea groups is 1. The van der Waals surface area contributed by atoms with Crippen LogP contribution in [0.1, 0.15) is 26.7 Å². The standard InChI is InChI=1S/C11H16N2O3/c1-4-11(2,3)12-10(16)13(7-9(14)15)8-5-6-8/h1,8H,5-7H2,2-3H3,(H,12,16)(H,14,15). The van der Waals surface area contributed by atoms with Gasteiger partial charge in [0.05, 0.1) is 5.54 Å². The molecule has 0 unspecified atom stereocenters. The first-order valence-corrected chi connectivity index (χ1v) is 5.14. The predicted octanol–water partition coefficient (Wildman–Crippen LogP) is 0.657. The molecule has 0 radical (unpaired) electrons. The van der Waals surface area contributed by atoms with Gasteiger partial charge in [0.25, 0.3) is 0 Å². The summed E-state index contributed by atoms with van der Waals surface area (Å²) in [5.41, 5.74) is -0.761. The van der Waals surface area contributed by atoms with Crippen molar-refractivity contribution < 1.29 is 14.7 Å². The minimum atomic E-state index is -1.01. The highest BCUT2D eigenvalue weighted by Gasteiger charge is 2.35. The van der Waals surface area contributed by atoms with Crippen LogP contribution in [-0.2, 0) is 4.79 Å². The van der Waals surface area contributed by atoms with E-state index in [2.05, 4.69) is 11.2 Å². The Labute approximate surface area is 94.8 Å². The molecule has 5 heteroatoms. The maximum absolute atomic E-state index is 11.8. The average Bonchev–Trinajstić information content (AvgIpc) is 2.96. The topological polar surface area (TPSA) is 69.6 Å². The first-order chi connectivity index (χ1) is 7.35. The Morgan fingerprint density at radius 3 is 2.50 bits per heavy atom. The molecule has 1 aliphatic carbocycles. The molecule has 1 rings (SSSR count). The van der Waals surface area contributed by atoms with Crippen molar-refractivity contribution in [3.05, 3.63) is 0 Å². The van der Waals surface area contributed by atoms with E-state index in [1.165, 1.54) is 4.90 Å². The van der Waals surface area contributed by atoms with Gasteiger partial charge in [0.1, 0.15) is 6.54 Å². The molecule has 2 N–H and O–H groups in total. The fraction of sp³-hybridized carbons (Fsp3) is 0.636. The van der Waals surface area contributed by atoms with Gasteiger partial charge >= 0.3 is 12.0 Å². The average molecular weight is 224 g/mol. The molecule has 0 aromatic rings. The molecule has 88 valence electrons. The molecule has 0 atom stereocenters. The first kappa shape index (κ1) is 12.4. The lowest BCUT2D eigenvalue weighted by molar-refractivity contribution is -0.137. The van der Waals surface area contributed by atoms with E-state index in [4.69, 9.17) is 11.5 Å². The summed E-state index contributed by atoms with van der Waals surface area (Å²) in [5.74, 6) is 1.42. The van der Waals surface area contributed by atoms with Crippen molar-refractivity contribution in [2.75, 3.05) is 6.54 Å². The van der Waals surface area contributed by atoms with Crippen molar-refractivity contribution in [1.29, 1.82) is 0 Å². The highest BCUT2D eigenvalue weighted by Crippen LogP contribution is 2.26. The summed E-state index contributed by atoms with van der Waals surface area (Å²) < 4.78 is 0. The van der Waals surface area contributed by atoms with E-state index < -0.39 is 17.5 Å². The second-order valence-corrected chi connectivity index (χ2v) is 4.45. The molecule has 1 fully saturated rings. The van der Waals surface area contributed by atoms with Gasteiger partial charge < -0.3 is 15.3 Å². The number of terminal acetylenes is 1. The summed E-state index contributed by atoms with van der Waals surface area (Å²) in [6, 6.07) is -0.363. The number of carboxylic acids is 1. The van der Waals surface area contributed by atoms with Crippen LogP contribution in [-0.4, -0.2) is 40.1 Å². The summed E-state index contributed by atoms with van der Waals surface area (Å²) in [6.45, 7) is 3.10. The second-order valence-electron chi connectivity index (χ2n) is 4.45. The Bertz CT molecular complexity index is 340. The highest BCUT2D eigenvalue weighted by molar-refractivity contribution is 5.81. The number of carbonyl (C=O) groups is 2. The largest absolute Gasteiger partial charge is 0.480 e. The number of carbonyl (C=O) groups excluding carboxylic acids is 1.